The first-order valence-electron chi connectivity index (χ1n) is 9.25. The lowest BCUT2D eigenvalue weighted by atomic mass is 10.0. The molecular weight excluding hydrogens is 406 g/mol. The molecule has 0 radical (unpaired) electrons. The second kappa shape index (κ2) is 10.0. The standard InChI is InChI=1S/C23H22ClNO5/c1-29-17-9-5-8-16(10-17)12-25-23(28)21-18(22(24)20(27)11-19(21)26)14-30-13-15-6-3-2-4-7-15/h2-11,26-27H,12-14H2,1H3,(H,25,28). The number of phenolic OH excluding ortho intramolecular Hbond substituents is 2. The molecule has 3 N–H and O–H groups in total. The maximum Gasteiger partial charge on any atom is 0.255 e. The third-order valence-corrected chi connectivity index (χ3v) is 4.92. The van der Waals surface area contributed by atoms with Gasteiger partial charge < -0.3 is 25.0 Å². The summed E-state index contributed by atoms with van der Waals surface area (Å²) in [6, 6.07) is 17.8. The average Bonchev–Trinajstić information content (AvgIpc) is 2.76. The molecule has 156 valence electrons. The molecule has 0 aliphatic heterocycles. The van der Waals surface area contributed by atoms with Crippen LogP contribution in [0.4, 0.5) is 0 Å². The van der Waals surface area contributed by atoms with Gasteiger partial charge in [-0.25, -0.2) is 0 Å². The van der Waals surface area contributed by atoms with Gasteiger partial charge in [-0.15, -0.1) is 0 Å². The number of benzene rings is 3. The normalized spacial score (nSPS) is 10.6. The molecule has 7 heteroatoms. The molecule has 3 aromatic carbocycles. The average molecular weight is 428 g/mol. The summed E-state index contributed by atoms with van der Waals surface area (Å²) >= 11 is 6.22. The van der Waals surface area contributed by atoms with E-state index >= 15 is 0 Å². The van der Waals surface area contributed by atoms with Crippen LogP contribution >= 0.6 is 11.6 Å². The van der Waals surface area contributed by atoms with Crippen LogP contribution in [0, 0.1) is 0 Å². The van der Waals surface area contributed by atoms with E-state index in [-0.39, 0.29) is 40.8 Å². The van der Waals surface area contributed by atoms with E-state index in [1.807, 2.05) is 42.5 Å². The highest BCUT2D eigenvalue weighted by molar-refractivity contribution is 6.33. The van der Waals surface area contributed by atoms with E-state index < -0.39 is 5.91 Å². The van der Waals surface area contributed by atoms with Crippen molar-refractivity contribution in [2.75, 3.05) is 7.11 Å². The van der Waals surface area contributed by atoms with Gasteiger partial charge in [-0.3, -0.25) is 4.79 Å². The molecule has 0 unspecified atom stereocenters. The third kappa shape index (κ3) is 5.23. The molecule has 0 atom stereocenters. The van der Waals surface area contributed by atoms with E-state index in [1.54, 1.807) is 19.2 Å². The Kier molecular flexibility index (Phi) is 7.17. The van der Waals surface area contributed by atoms with Crippen molar-refractivity contribution in [1.82, 2.24) is 5.32 Å². The molecule has 6 nitrogen and oxygen atoms in total. The van der Waals surface area contributed by atoms with Gasteiger partial charge in [0, 0.05) is 18.2 Å². The number of nitrogens with one attached hydrogen (secondary N) is 1. The van der Waals surface area contributed by atoms with Crippen molar-refractivity contribution in [3.05, 3.63) is 87.9 Å². The molecule has 0 saturated heterocycles. The van der Waals surface area contributed by atoms with E-state index in [0.29, 0.717) is 12.4 Å². The molecule has 0 spiro atoms. The molecule has 0 saturated carbocycles. The van der Waals surface area contributed by atoms with Gasteiger partial charge >= 0.3 is 0 Å². The number of hydrogen-bond donors (Lipinski definition) is 3. The minimum Gasteiger partial charge on any atom is -0.507 e. The van der Waals surface area contributed by atoms with Crippen molar-refractivity contribution in [3.8, 4) is 17.2 Å². The van der Waals surface area contributed by atoms with Crippen molar-refractivity contribution in [1.29, 1.82) is 0 Å². The Morgan fingerprint density at radius 2 is 1.70 bits per heavy atom. The monoisotopic (exact) mass is 427 g/mol. The molecule has 0 bridgehead atoms. The van der Waals surface area contributed by atoms with Gasteiger partial charge in [0.1, 0.15) is 17.2 Å². The minimum absolute atomic E-state index is 0.0336. The van der Waals surface area contributed by atoms with Crippen LogP contribution in [-0.4, -0.2) is 23.2 Å². The maximum absolute atomic E-state index is 12.8. The fourth-order valence-electron chi connectivity index (χ4n) is 2.97. The summed E-state index contributed by atoms with van der Waals surface area (Å²) in [6.07, 6.45) is 0. The predicted molar refractivity (Wildman–Crippen MR) is 114 cm³/mol. The first kappa shape index (κ1) is 21.5. The first-order valence-corrected chi connectivity index (χ1v) is 9.63. The maximum atomic E-state index is 12.8. The third-order valence-electron chi connectivity index (χ3n) is 4.49. The number of halogens is 1. The lowest BCUT2D eigenvalue weighted by molar-refractivity contribution is 0.0921. The lowest BCUT2D eigenvalue weighted by Crippen LogP contribution is -2.24. The number of aromatic hydroxyl groups is 2. The van der Waals surface area contributed by atoms with Gasteiger partial charge in [-0.1, -0.05) is 54.1 Å². The molecule has 0 heterocycles. The van der Waals surface area contributed by atoms with Gasteiger partial charge in [0.25, 0.3) is 5.91 Å². The summed E-state index contributed by atoms with van der Waals surface area (Å²) < 4.78 is 10.9. The number of rotatable bonds is 8. The molecule has 0 aliphatic carbocycles. The molecule has 3 aromatic rings. The predicted octanol–water partition coefficient (Wildman–Crippen LogP) is 4.41. The Hall–Kier alpha value is -3.22. The number of carbonyl (C=O) groups excluding carboxylic acids is 1. The molecule has 0 aliphatic rings. The Labute approximate surface area is 179 Å². The number of phenols is 2. The molecule has 0 fully saturated rings. The second-order valence-electron chi connectivity index (χ2n) is 6.59. The molecular formula is C23H22ClNO5. The summed E-state index contributed by atoms with van der Waals surface area (Å²) in [7, 11) is 1.57. The zero-order valence-electron chi connectivity index (χ0n) is 16.4. The second-order valence-corrected chi connectivity index (χ2v) is 6.97. The highest BCUT2D eigenvalue weighted by Crippen LogP contribution is 2.36. The minimum atomic E-state index is -0.532. The fraction of sp³-hybridized carbons (Fsp3) is 0.174. The van der Waals surface area contributed by atoms with Gasteiger partial charge in [0.15, 0.2) is 0 Å². The van der Waals surface area contributed by atoms with Crippen LogP contribution in [0.3, 0.4) is 0 Å². The van der Waals surface area contributed by atoms with Crippen LogP contribution in [0.2, 0.25) is 5.02 Å². The van der Waals surface area contributed by atoms with E-state index in [1.165, 1.54) is 0 Å². The summed E-state index contributed by atoms with van der Waals surface area (Å²) in [4.78, 5) is 12.8. The van der Waals surface area contributed by atoms with Crippen LogP contribution in [0.25, 0.3) is 0 Å². The number of hydrogen-bond acceptors (Lipinski definition) is 5. The van der Waals surface area contributed by atoms with Gasteiger partial charge in [-0.05, 0) is 23.3 Å². The van der Waals surface area contributed by atoms with E-state index in [2.05, 4.69) is 5.32 Å². The number of ether oxygens (including phenoxy) is 2. The number of carbonyl (C=O) groups is 1. The number of methoxy groups -OCH3 is 1. The quantitative estimate of drug-likeness (QED) is 0.495. The summed E-state index contributed by atoms with van der Waals surface area (Å²) in [5.74, 6) is -0.557. The van der Waals surface area contributed by atoms with Crippen molar-refractivity contribution in [2.24, 2.45) is 0 Å². The van der Waals surface area contributed by atoms with Crippen LogP contribution in [0.1, 0.15) is 27.0 Å². The summed E-state index contributed by atoms with van der Waals surface area (Å²) in [5, 5.41) is 23.0. The van der Waals surface area contributed by atoms with Crippen LogP contribution in [-0.2, 0) is 24.5 Å². The topological polar surface area (TPSA) is 88.0 Å². The first-order chi connectivity index (χ1) is 14.5. The number of amides is 1. The van der Waals surface area contributed by atoms with Crippen LogP contribution in [0.15, 0.2) is 60.7 Å². The van der Waals surface area contributed by atoms with E-state index in [4.69, 9.17) is 21.1 Å². The van der Waals surface area contributed by atoms with Gasteiger partial charge in [0.05, 0.1) is 30.9 Å². The molecule has 1 amide bonds. The SMILES string of the molecule is COc1cccc(CNC(=O)c2c(O)cc(O)c(Cl)c2COCc2ccccc2)c1. The Balaban J connectivity index is 1.76. The zero-order chi connectivity index (χ0) is 21.5. The Morgan fingerprint density at radius 3 is 2.43 bits per heavy atom. The van der Waals surface area contributed by atoms with Crippen molar-refractivity contribution < 1.29 is 24.5 Å². The van der Waals surface area contributed by atoms with Crippen LogP contribution < -0.4 is 10.1 Å². The van der Waals surface area contributed by atoms with E-state index in [9.17, 15) is 15.0 Å². The smallest absolute Gasteiger partial charge is 0.255 e. The Morgan fingerprint density at radius 1 is 0.967 bits per heavy atom. The van der Waals surface area contributed by atoms with E-state index in [0.717, 1.165) is 17.2 Å². The van der Waals surface area contributed by atoms with Crippen molar-refractivity contribution in [3.63, 3.8) is 0 Å². The van der Waals surface area contributed by atoms with Crippen molar-refractivity contribution >= 4 is 17.5 Å². The highest BCUT2D eigenvalue weighted by atomic mass is 35.5. The van der Waals surface area contributed by atoms with Crippen LogP contribution in [0.5, 0.6) is 17.2 Å². The fourth-order valence-corrected chi connectivity index (χ4v) is 3.17. The summed E-state index contributed by atoms with van der Waals surface area (Å²) in [5.41, 5.74) is 1.96. The highest BCUT2D eigenvalue weighted by Gasteiger charge is 2.22. The zero-order valence-corrected chi connectivity index (χ0v) is 17.1. The van der Waals surface area contributed by atoms with Crippen molar-refractivity contribution in [2.45, 2.75) is 19.8 Å². The largest absolute Gasteiger partial charge is 0.507 e. The lowest BCUT2D eigenvalue weighted by Gasteiger charge is -2.15. The Bertz CT molecular complexity index is 1020. The molecule has 30 heavy (non-hydrogen) atoms. The van der Waals surface area contributed by atoms with Gasteiger partial charge in [-0.2, -0.15) is 0 Å². The molecule has 0 aromatic heterocycles. The molecule has 3 rings (SSSR count). The summed E-state index contributed by atoms with van der Waals surface area (Å²) in [6.45, 7) is 0.453. The van der Waals surface area contributed by atoms with Gasteiger partial charge in [0.2, 0.25) is 0 Å².